The quantitative estimate of drug-likeness (QED) is 0.555. The van der Waals surface area contributed by atoms with E-state index >= 15 is 0 Å². The molecular formula is C17H17F3N4O4. The van der Waals surface area contributed by atoms with Gasteiger partial charge in [-0.05, 0) is 30.9 Å². The average Bonchev–Trinajstić information content (AvgIpc) is 3.12. The minimum atomic E-state index is -4.92. The molecule has 8 nitrogen and oxygen atoms in total. The Morgan fingerprint density at radius 1 is 1.07 bits per heavy atom. The lowest BCUT2D eigenvalue weighted by Gasteiger charge is -2.34. The lowest BCUT2D eigenvalue weighted by molar-refractivity contribution is -0.393. The zero-order valence-electron chi connectivity index (χ0n) is 14.6. The monoisotopic (exact) mass is 398 g/mol. The number of piperidine rings is 1. The Kier molecular flexibility index (Phi) is 5.25. The molecule has 11 heteroatoms. The molecular weight excluding hydrogens is 381 g/mol. The van der Waals surface area contributed by atoms with Crippen LogP contribution >= 0.6 is 0 Å². The Bertz CT molecular complexity index is 848. The smallest absolute Gasteiger partial charge is 0.360 e. The topological polar surface area (TPSA) is 94.4 Å². The maximum Gasteiger partial charge on any atom is 0.416 e. The highest BCUT2D eigenvalue weighted by molar-refractivity contribution is 5.76. The van der Waals surface area contributed by atoms with Gasteiger partial charge in [0, 0.05) is 44.2 Å². The Morgan fingerprint density at radius 3 is 2.14 bits per heavy atom. The number of alkyl halides is 3. The number of nitro groups is 2. The van der Waals surface area contributed by atoms with Gasteiger partial charge in [-0.1, -0.05) is 0 Å². The van der Waals surface area contributed by atoms with Crippen LogP contribution in [0.1, 0.15) is 18.4 Å². The average molecular weight is 398 g/mol. The summed E-state index contributed by atoms with van der Waals surface area (Å²) in [5.74, 6) is 0.0580. The summed E-state index contributed by atoms with van der Waals surface area (Å²) in [5.41, 5.74) is -3.57. The van der Waals surface area contributed by atoms with Crippen LogP contribution in [0.4, 0.5) is 30.2 Å². The number of aromatic nitrogens is 1. The molecule has 0 radical (unpaired) electrons. The van der Waals surface area contributed by atoms with E-state index in [1.165, 1.54) is 4.90 Å². The van der Waals surface area contributed by atoms with Crippen LogP contribution in [0.2, 0.25) is 0 Å². The second-order valence-electron chi connectivity index (χ2n) is 6.71. The van der Waals surface area contributed by atoms with Gasteiger partial charge in [0.15, 0.2) is 5.69 Å². The highest BCUT2D eigenvalue weighted by atomic mass is 19.4. The van der Waals surface area contributed by atoms with Crippen LogP contribution in [0.15, 0.2) is 36.7 Å². The fourth-order valence-electron chi connectivity index (χ4n) is 3.58. The molecule has 1 aliphatic rings. The zero-order chi connectivity index (χ0) is 20.5. The van der Waals surface area contributed by atoms with Gasteiger partial charge in [0.1, 0.15) is 0 Å². The third kappa shape index (κ3) is 4.07. The van der Waals surface area contributed by atoms with Crippen LogP contribution in [0.3, 0.4) is 0 Å². The minimum Gasteiger partial charge on any atom is -0.360 e. The Morgan fingerprint density at radius 2 is 1.64 bits per heavy atom. The van der Waals surface area contributed by atoms with E-state index in [9.17, 15) is 33.4 Å². The van der Waals surface area contributed by atoms with E-state index in [0.29, 0.717) is 31.6 Å². The van der Waals surface area contributed by atoms with Gasteiger partial charge in [-0.2, -0.15) is 13.2 Å². The van der Waals surface area contributed by atoms with Crippen molar-refractivity contribution in [1.29, 1.82) is 0 Å². The van der Waals surface area contributed by atoms with Crippen molar-refractivity contribution in [3.8, 4) is 0 Å². The van der Waals surface area contributed by atoms with Crippen LogP contribution in [0.5, 0.6) is 0 Å². The minimum absolute atomic E-state index is 0.0580. The molecule has 2 aromatic rings. The highest BCUT2D eigenvalue weighted by Gasteiger charge is 2.40. The third-order valence-corrected chi connectivity index (χ3v) is 4.76. The molecule has 0 spiro atoms. The number of benzene rings is 1. The normalized spacial score (nSPS) is 17.5. The molecule has 1 aromatic carbocycles. The molecule has 3 rings (SSSR count). The molecule has 150 valence electrons. The van der Waals surface area contributed by atoms with E-state index in [1.54, 1.807) is 0 Å². The van der Waals surface area contributed by atoms with Crippen molar-refractivity contribution in [2.75, 3.05) is 18.0 Å². The van der Waals surface area contributed by atoms with Crippen LogP contribution in [-0.2, 0) is 12.7 Å². The van der Waals surface area contributed by atoms with Crippen LogP contribution in [0.25, 0.3) is 0 Å². The molecule has 1 aromatic heterocycles. The SMILES string of the molecule is O=[N+]([O-])c1cc(C(F)(F)F)cc([N+](=O)[O-])c1N1CCC[C@@H](Cn2cccc2)C1. The fourth-order valence-corrected chi connectivity index (χ4v) is 3.58. The van der Waals surface area contributed by atoms with Gasteiger partial charge in [0.05, 0.1) is 15.4 Å². The van der Waals surface area contributed by atoms with Gasteiger partial charge in [-0.25, -0.2) is 0 Å². The summed E-state index contributed by atoms with van der Waals surface area (Å²) in [6.45, 7) is 1.20. The number of nitro benzene ring substituents is 2. The molecule has 0 saturated carbocycles. The second kappa shape index (κ2) is 7.49. The second-order valence-corrected chi connectivity index (χ2v) is 6.71. The van der Waals surface area contributed by atoms with Crippen molar-refractivity contribution >= 4 is 17.1 Å². The van der Waals surface area contributed by atoms with Crippen LogP contribution in [-0.4, -0.2) is 27.5 Å². The Balaban J connectivity index is 2.01. The standard InChI is InChI=1S/C17H17F3N4O4/c18-17(19,20)13-8-14(23(25)26)16(15(9-13)24(27)28)22-7-3-4-12(11-22)10-21-5-1-2-6-21/h1-2,5-6,8-9,12H,3-4,7,10-11H2/t12-/m0/s1. The molecule has 1 saturated heterocycles. The van der Waals surface area contributed by atoms with E-state index in [4.69, 9.17) is 0 Å². The van der Waals surface area contributed by atoms with E-state index in [-0.39, 0.29) is 18.2 Å². The molecule has 1 fully saturated rings. The number of hydrogen-bond donors (Lipinski definition) is 0. The maximum absolute atomic E-state index is 13.1. The van der Waals surface area contributed by atoms with Gasteiger partial charge in [0.2, 0.25) is 0 Å². The van der Waals surface area contributed by atoms with Gasteiger partial charge in [-0.15, -0.1) is 0 Å². The van der Waals surface area contributed by atoms with Crippen molar-refractivity contribution in [3.05, 3.63) is 62.5 Å². The largest absolute Gasteiger partial charge is 0.416 e. The van der Waals surface area contributed by atoms with Crippen molar-refractivity contribution in [2.45, 2.75) is 25.6 Å². The lowest BCUT2D eigenvalue weighted by Crippen LogP contribution is -2.37. The zero-order valence-corrected chi connectivity index (χ0v) is 14.6. The summed E-state index contributed by atoms with van der Waals surface area (Å²) < 4.78 is 41.1. The molecule has 2 heterocycles. The summed E-state index contributed by atoms with van der Waals surface area (Å²) in [6, 6.07) is 4.45. The summed E-state index contributed by atoms with van der Waals surface area (Å²) in [4.78, 5) is 22.4. The number of halogens is 3. The van der Waals surface area contributed by atoms with E-state index in [1.807, 2.05) is 29.1 Å². The molecule has 1 atom stereocenters. The molecule has 28 heavy (non-hydrogen) atoms. The number of rotatable bonds is 5. The number of hydrogen-bond acceptors (Lipinski definition) is 5. The van der Waals surface area contributed by atoms with E-state index in [0.717, 1.165) is 6.42 Å². The highest BCUT2D eigenvalue weighted by Crippen LogP contribution is 2.44. The van der Waals surface area contributed by atoms with Crippen LogP contribution in [0, 0.1) is 26.1 Å². The molecule has 1 aliphatic heterocycles. The summed E-state index contributed by atoms with van der Waals surface area (Å²) in [5, 5.41) is 22.9. The van der Waals surface area contributed by atoms with Crippen molar-refractivity contribution < 1.29 is 23.0 Å². The molecule has 0 amide bonds. The van der Waals surface area contributed by atoms with Crippen molar-refractivity contribution in [2.24, 2.45) is 5.92 Å². The first-order valence-electron chi connectivity index (χ1n) is 8.56. The van der Waals surface area contributed by atoms with Crippen molar-refractivity contribution in [1.82, 2.24) is 4.57 Å². The molecule has 0 unspecified atom stereocenters. The van der Waals surface area contributed by atoms with Gasteiger partial charge < -0.3 is 9.47 Å². The first-order valence-corrected chi connectivity index (χ1v) is 8.56. The molecule has 0 bridgehead atoms. The Labute approximate surface area is 157 Å². The van der Waals surface area contributed by atoms with E-state index < -0.39 is 33.0 Å². The maximum atomic E-state index is 13.1. The summed E-state index contributed by atoms with van der Waals surface area (Å²) in [7, 11) is 0. The summed E-state index contributed by atoms with van der Waals surface area (Å²) in [6.07, 6.45) is 0.245. The lowest BCUT2D eigenvalue weighted by atomic mass is 9.96. The van der Waals surface area contributed by atoms with Gasteiger partial charge >= 0.3 is 6.18 Å². The van der Waals surface area contributed by atoms with Gasteiger partial charge in [0.25, 0.3) is 11.4 Å². The fraction of sp³-hybridized carbons (Fsp3) is 0.412. The first-order chi connectivity index (χ1) is 13.2. The van der Waals surface area contributed by atoms with Crippen molar-refractivity contribution in [3.63, 3.8) is 0 Å². The number of nitrogens with zero attached hydrogens (tertiary/aromatic N) is 4. The van der Waals surface area contributed by atoms with Crippen LogP contribution < -0.4 is 4.90 Å². The first kappa shape index (κ1) is 19.6. The van der Waals surface area contributed by atoms with Gasteiger partial charge in [-0.3, -0.25) is 20.2 Å². The third-order valence-electron chi connectivity index (χ3n) is 4.76. The summed E-state index contributed by atoms with van der Waals surface area (Å²) >= 11 is 0. The predicted octanol–water partition coefficient (Wildman–Crippen LogP) is 4.24. The Hall–Kier alpha value is -3.11. The molecule has 0 aliphatic carbocycles. The van der Waals surface area contributed by atoms with E-state index in [2.05, 4.69) is 0 Å². The molecule has 0 N–H and O–H groups in total. The number of anilines is 1. The predicted molar refractivity (Wildman–Crippen MR) is 94.1 cm³/mol.